The van der Waals surface area contributed by atoms with Crippen molar-refractivity contribution in [3.63, 3.8) is 0 Å². The van der Waals surface area contributed by atoms with Crippen LogP contribution in [0.3, 0.4) is 0 Å². The molecule has 2 heterocycles. The van der Waals surface area contributed by atoms with Gasteiger partial charge in [-0.15, -0.1) is 5.10 Å². The van der Waals surface area contributed by atoms with Gasteiger partial charge in [-0.1, -0.05) is 18.2 Å². The zero-order chi connectivity index (χ0) is 15.8. The van der Waals surface area contributed by atoms with Crippen LogP contribution >= 0.6 is 0 Å². The van der Waals surface area contributed by atoms with Crippen molar-refractivity contribution in [1.29, 1.82) is 0 Å². The van der Waals surface area contributed by atoms with Crippen LogP contribution in [0, 0.1) is 5.92 Å². The van der Waals surface area contributed by atoms with Gasteiger partial charge >= 0.3 is 0 Å². The third-order valence-corrected chi connectivity index (χ3v) is 3.91. The zero-order valence-electron chi connectivity index (χ0n) is 12.7. The standard InChI is InChI=1S/C17H16N4O2/c1-23-13-5-2-4-12(10-13)14-6-3-7-15-18-17(20-21(14)15)19-16(22)11-8-9-11/h2-7,10-11H,8-9H2,1H3,(H,19,20,22). The Balaban J connectivity index is 1.74. The minimum atomic E-state index is 0.00355. The van der Waals surface area contributed by atoms with Gasteiger partial charge in [-0.25, -0.2) is 4.52 Å². The number of hydrogen-bond donors (Lipinski definition) is 1. The Bertz CT molecular complexity index is 883. The molecule has 0 unspecified atom stereocenters. The van der Waals surface area contributed by atoms with Gasteiger partial charge < -0.3 is 4.74 Å². The Kier molecular flexibility index (Phi) is 3.22. The number of pyridine rings is 1. The van der Waals surface area contributed by atoms with Crippen LogP contribution < -0.4 is 10.1 Å². The summed E-state index contributed by atoms with van der Waals surface area (Å²) in [6, 6.07) is 13.5. The maximum atomic E-state index is 11.9. The topological polar surface area (TPSA) is 68.5 Å². The summed E-state index contributed by atoms with van der Waals surface area (Å²) in [5.41, 5.74) is 2.55. The molecule has 23 heavy (non-hydrogen) atoms. The molecule has 0 radical (unpaired) electrons. The SMILES string of the molecule is COc1cccc(-c2cccc3nc(NC(=O)C4CC4)nn23)c1. The predicted octanol–water partition coefficient (Wildman–Crippen LogP) is 2.75. The number of rotatable bonds is 4. The number of hydrogen-bond acceptors (Lipinski definition) is 4. The number of carbonyl (C=O) groups excluding carboxylic acids is 1. The summed E-state index contributed by atoms with van der Waals surface area (Å²) in [6.45, 7) is 0. The Labute approximate surface area is 133 Å². The minimum absolute atomic E-state index is 0.00355. The van der Waals surface area contributed by atoms with Gasteiger partial charge in [0.1, 0.15) is 5.75 Å². The van der Waals surface area contributed by atoms with E-state index in [0.717, 1.165) is 29.8 Å². The lowest BCUT2D eigenvalue weighted by molar-refractivity contribution is -0.117. The maximum absolute atomic E-state index is 11.9. The fourth-order valence-electron chi connectivity index (χ4n) is 2.52. The molecule has 0 bridgehead atoms. The average Bonchev–Trinajstić information content (AvgIpc) is 3.35. The third kappa shape index (κ3) is 2.63. The van der Waals surface area contributed by atoms with Gasteiger partial charge in [0.2, 0.25) is 11.9 Å². The van der Waals surface area contributed by atoms with E-state index in [0.29, 0.717) is 11.6 Å². The molecule has 2 aromatic heterocycles. The van der Waals surface area contributed by atoms with Crippen LogP contribution in [0.2, 0.25) is 0 Å². The number of fused-ring (bicyclic) bond motifs is 1. The largest absolute Gasteiger partial charge is 0.497 e. The van der Waals surface area contributed by atoms with Crippen molar-refractivity contribution in [2.45, 2.75) is 12.8 Å². The first kappa shape index (κ1) is 13.8. The van der Waals surface area contributed by atoms with Crippen molar-refractivity contribution in [3.05, 3.63) is 42.5 Å². The molecular formula is C17H16N4O2. The van der Waals surface area contributed by atoms with E-state index in [-0.39, 0.29) is 11.8 Å². The van der Waals surface area contributed by atoms with Crippen molar-refractivity contribution < 1.29 is 9.53 Å². The first-order valence-corrected chi connectivity index (χ1v) is 7.56. The Morgan fingerprint density at radius 1 is 1.26 bits per heavy atom. The molecule has 1 N–H and O–H groups in total. The monoisotopic (exact) mass is 308 g/mol. The van der Waals surface area contributed by atoms with Crippen LogP contribution in [-0.2, 0) is 4.79 Å². The van der Waals surface area contributed by atoms with E-state index in [1.807, 2.05) is 42.5 Å². The molecule has 1 amide bonds. The van der Waals surface area contributed by atoms with Crippen molar-refractivity contribution in [2.75, 3.05) is 12.4 Å². The second-order valence-electron chi connectivity index (χ2n) is 5.61. The fourth-order valence-corrected chi connectivity index (χ4v) is 2.52. The molecule has 0 saturated heterocycles. The quantitative estimate of drug-likeness (QED) is 0.804. The predicted molar refractivity (Wildman–Crippen MR) is 86.3 cm³/mol. The number of methoxy groups -OCH3 is 1. The number of benzene rings is 1. The lowest BCUT2D eigenvalue weighted by Gasteiger charge is -2.06. The lowest BCUT2D eigenvalue weighted by Crippen LogP contribution is -2.14. The second kappa shape index (κ2) is 5.39. The summed E-state index contributed by atoms with van der Waals surface area (Å²) in [7, 11) is 1.64. The maximum Gasteiger partial charge on any atom is 0.249 e. The number of amides is 1. The summed E-state index contributed by atoms with van der Waals surface area (Å²) >= 11 is 0. The van der Waals surface area contributed by atoms with Crippen molar-refractivity contribution in [2.24, 2.45) is 5.92 Å². The average molecular weight is 308 g/mol. The molecule has 1 saturated carbocycles. The highest BCUT2D eigenvalue weighted by Crippen LogP contribution is 2.30. The Hall–Kier alpha value is -2.89. The van der Waals surface area contributed by atoms with E-state index in [1.54, 1.807) is 11.6 Å². The normalized spacial score (nSPS) is 14.0. The molecule has 6 nitrogen and oxygen atoms in total. The minimum Gasteiger partial charge on any atom is -0.497 e. The molecular weight excluding hydrogens is 292 g/mol. The number of nitrogens with one attached hydrogen (secondary N) is 1. The molecule has 1 aliphatic rings. The highest BCUT2D eigenvalue weighted by atomic mass is 16.5. The molecule has 3 aromatic rings. The van der Waals surface area contributed by atoms with Crippen molar-refractivity contribution in [1.82, 2.24) is 14.6 Å². The van der Waals surface area contributed by atoms with Crippen molar-refractivity contribution in [3.8, 4) is 17.0 Å². The van der Waals surface area contributed by atoms with E-state index in [4.69, 9.17) is 4.74 Å². The van der Waals surface area contributed by atoms with Gasteiger partial charge in [0.05, 0.1) is 12.8 Å². The molecule has 0 spiro atoms. The summed E-state index contributed by atoms with van der Waals surface area (Å²) in [4.78, 5) is 16.3. The first-order valence-electron chi connectivity index (χ1n) is 7.56. The van der Waals surface area contributed by atoms with E-state index in [2.05, 4.69) is 15.4 Å². The van der Waals surface area contributed by atoms with Gasteiger partial charge in [0.25, 0.3) is 0 Å². The van der Waals surface area contributed by atoms with Gasteiger partial charge in [-0.05, 0) is 37.1 Å². The van der Waals surface area contributed by atoms with E-state index in [9.17, 15) is 4.79 Å². The van der Waals surface area contributed by atoms with Crippen LogP contribution in [0.4, 0.5) is 5.95 Å². The smallest absolute Gasteiger partial charge is 0.249 e. The highest BCUT2D eigenvalue weighted by Gasteiger charge is 2.30. The number of carbonyl (C=O) groups is 1. The van der Waals surface area contributed by atoms with Gasteiger partial charge in [0, 0.05) is 11.5 Å². The molecule has 0 atom stereocenters. The number of anilines is 1. The van der Waals surface area contributed by atoms with Crippen LogP contribution in [0.15, 0.2) is 42.5 Å². The molecule has 1 fully saturated rings. The third-order valence-electron chi connectivity index (χ3n) is 3.91. The molecule has 0 aliphatic heterocycles. The van der Waals surface area contributed by atoms with Crippen molar-refractivity contribution >= 4 is 17.5 Å². The molecule has 1 aromatic carbocycles. The Morgan fingerprint density at radius 2 is 2.09 bits per heavy atom. The lowest BCUT2D eigenvalue weighted by atomic mass is 10.1. The summed E-state index contributed by atoms with van der Waals surface area (Å²) in [6.07, 6.45) is 1.91. The summed E-state index contributed by atoms with van der Waals surface area (Å²) < 4.78 is 7.01. The van der Waals surface area contributed by atoms with Crippen LogP contribution in [-0.4, -0.2) is 27.6 Å². The van der Waals surface area contributed by atoms with Crippen LogP contribution in [0.1, 0.15) is 12.8 Å². The van der Waals surface area contributed by atoms with Gasteiger partial charge in [-0.2, -0.15) is 4.98 Å². The fraction of sp³-hybridized carbons (Fsp3) is 0.235. The second-order valence-corrected chi connectivity index (χ2v) is 5.61. The van der Waals surface area contributed by atoms with Crippen LogP contribution in [0.25, 0.3) is 16.9 Å². The van der Waals surface area contributed by atoms with E-state index < -0.39 is 0 Å². The number of ether oxygens (including phenoxy) is 1. The zero-order valence-corrected chi connectivity index (χ0v) is 12.7. The van der Waals surface area contributed by atoms with Gasteiger partial charge in [0.15, 0.2) is 5.65 Å². The molecule has 1 aliphatic carbocycles. The molecule has 116 valence electrons. The first-order chi connectivity index (χ1) is 11.2. The van der Waals surface area contributed by atoms with E-state index >= 15 is 0 Å². The Morgan fingerprint density at radius 3 is 2.87 bits per heavy atom. The summed E-state index contributed by atoms with van der Waals surface area (Å²) in [5, 5.41) is 7.22. The van der Waals surface area contributed by atoms with E-state index in [1.165, 1.54) is 0 Å². The number of nitrogens with zero attached hydrogens (tertiary/aromatic N) is 3. The molecule has 6 heteroatoms. The molecule has 4 rings (SSSR count). The highest BCUT2D eigenvalue weighted by molar-refractivity contribution is 5.92. The van der Waals surface area contributed by atoms with Gasteiger partial charge in [-0.3, -0.25) is 10.1 Å². The summed E-state index contributed by atoms with van der Waals surface area (Å²) in [5.74, 6) is 1.25. The van der Waals surface area contributed by atoms with Crippen LogP contribution in [0.5, 0.6) is 5.75 Å². The number of aromatic nitrogens is 3.